The van der Waals surface area contributed by atoms with Gasteiger partial charge >= 0.3 is 0 Å². The van der Waals surface area contributed by atoms with E-state index >= 15 is 0 Å². The van der Waals surface area contributed by atoms with E-state index in [1.807, 2.05) is 38.5 Å². The van der Waals surface area contributed by atoms with Crippen molar-refractivity contribution >= 4 is 17.5 Å². The molecule has 1 atom stereocenters. The molecule has 0 N–H and O–H groups in total. The number of nitrogens with zero attached hydrogens (tertiary/aromatic N) is 4. The van der Waals surface area contributed by atoms with Crippen LogP contribution in [0, 0.1) is 20.8 Å². The van der Waals surface area contributed by atoms with Gasteiger partial charge in [-0.3, -0.25) is 4.79 Å². The van der Waals surface area contributed by atoms with Gasteiger partial charge in [0, 0.05) is 31.1 Å². The van der Waals surface area contributed by atoms with Gasteiger partial charge < -0.3 is 13.9 Å². The van der Waals surface area contributed by atoms with Gasteiger partial charge in [-0.15, -0.1) is 10.2 Å². The lowest BCUT2D eigenvalue weighted by molar-refractivity contribution is 0.102. The monoisotopic (exact) mass is 336 g/mol. The number of carbonyl (C=O) groups excluding carboxylic acids is 1. The van der Waals surface area contributed by atoms with Crippen LogP contribution in [0.4, 0.5) is 0 Å². The van der Waals surface area contributed by atoms with Crippen LogP contribution >= 0.6 is 11.8 Å². The first-order chi connectivity index (χ1) is 10.9. The van der Waals surface area contributed by atoms with Crippen LogP contribution in [-0.4, -0.2) is 44.6 Å². The second-order valence-electron chi connectivity index (χ2n) is 5.76. The highest BCUT2D eigenvalue weighted by molar-refractivity contribution is 7.99. The molecule has 0 amide bonds. The fourth-order valence-corrected chi connectivity index (χ4v) is 3.61. The van der Waals surface area contributed by atoms with Gasteiger partial charge in [0.1, 0.15) is 5.82 Å². The number of rotatable bonds is 7. The van der Waals surface area contributed by atoms with Gasteiger partial charge in [0.2, 0.25) is 0 Å². The Hall–Kier alpha value is -1.60. The summed E-state index contributed by atoms with van der Waals surface area (Å²) in [4.78, 5) is 12.6. The smallest absolute Gasteiger partial charge is 0.191 e. The van der Waals surface area contributed by atoms with Crippen LogP contribution in [-0.2, 0) is 11.8 Å². The zero-order chi connectivity index (χ0) is 17.1. The van der Waals surface area contributed by atoms with Crippen molar-refractivity contribution in [1.29, 1.82) is 0 Å². The zero-order valence-corrected chi connectivity index (χ0v) is 15.4. The van der Waals surface area contributed by atoms with Crippen molar-refractivity contribution in [2.75, 3.05) is 19.5 Å². The molecule has 0 spiro atoms. The first-order valence-corrected chi connectivity index (χ1v) is 8.54. The Morgan fingerprint density at radius 2 is 2.04 bits per heavy atom. The number of methoxy groups -OCH3 is 1. The number of hydrogen-bond donors (Lipinski definition) is 0. The van der Waals surface area contributed by atoms with Crippen LogP contribution in [0.25, 0.3) is 0 Å². The van der Waals surface area contributed by atoms with Crippen LogP contribution in [0.1, 0.15) is 40.5 Å². The predicted molar refractivity (Wildman–Crippen MR) is 91.3 cm³/mol. The molecular weight excluding hydrogens is 312 g/mol. The molecule has 0 aromatic carbocycles. The number of hydrogen-bond acceptors (Lipinski definition) is 5. The van der Waals surface area contributed by atoms with Crippen LogP contribution in [0.15, 0.2) is 11.2 Å². The molecule has 0 aliphatic rings. The topological polar surface area (TPSA) is 61.9 Å². The van der Waals surface area contributed by atoms with Crippen molar-refractivity contribution in [2.24, 2.45) is 7.05 Å². The molecule has 2 rings (SSSR count). The van der Waals surface area contributed by atoms with Crippen molar-refractivity contribution < 1.29 is 9.53 Å². The lowest BCUT2D eigenvalue weighted by Crippen LogP contribution is -2.14. The summed E-state index contributed by atoms with van der Waals surface area (Å²) in [7, 11) is 3.59. The Balaban J connectivity index is 2.14. The first kappa shape index (κ1) is 17.7. The third kappa shape index (κ3) is 3.67. The van der Waals surface area contributed by atoms with Gasteiger partial charge in [-0.05, 0) is 33.8 Å². The Kier molecular flexibility index (Phi) is 5.64. The molecule has 7 heteroatoms. The molecule has 23 heavy (non-hydrogen) atoms. The minimum absolute atomic E-state index is 0.111. The molecule has 0 bridgehead atoms. The number of aryl methyl sites for hydroxylation is 2. The molecule has 0 saturated heterocycles. The minimum atomic E-state index is 0.111. The average Bonchev–Trinajstić information content (AvgIpc) is 2.97. The third-order valence-corrected chi connectivity index (χ3v) is 5.04. The van der Waals surface area contributed by atoms with E-state index in [9.17, 15) is 4.79 Å². The normalized spacial score (nSPS) is 12.6. The number of aromatic nitrogens is 4. The molecule has 0 aliphatic heterocycles. The number of ketones is 1. The Morgan fingerprint density at radius 3 is 2.61 bits per heavy atom. The summed E-state index contributed by atoms with van der Waals surface area (Å²) in [6.07, 6.45) is 0. The van der Waals surface area contributed by atoms with Crippen LogP contribution in [0.5, 0.6) is 0 Å². The van der Waals surface area contributed by atoms with Crippen molar-refractivity contribution in [3.05, 3.63) is 28.8 Å². The van der Waals surface area contributed by atoms with Gasteiger partial charge in [-0.1, -0.05) is 11.8 Å². The van der Waals surface area contributed by atoms with E-state index in [-0.39, 0.29) is 11.8 Å². The molecule has 0 radical (unpaired) electrons. The molecular formula is C16H24N4O2S. The maximum Gasteiger partial charge on any atom is 0.191 e. The highest BCUT2D eigenvalue weighted by Crippen LogP contribution is 2.23. The second kappa shape index (κ2) is 7.31. The lowest BCUT2D eigenvalue weighted by Gasteiger charge is -2.17. The van der Waals surface area contributed by atoms with Crippen LogP contribution in [0.2, 0.25) is 0 Å². The molecule has 0 saturated carbocycles. The molecule has 0 unspecified atom stereocenters. The molecule has 2 heterocycles. The van der Waals surface area contributed by atoms with E-state index in [0.29, 0.717) is 12.4 Å². The van der Waals surface area contributed by atoms with Gasteiger partial charge in [0.15, 0.2) is 10.9 Å². The summed E-state index contributed by atoms with van der Waals surface area (Å²) in [5.41, 5.74) is 2.85. The predicted octanol–water partition coefficient (Wildman–Crippen LogP) is 2.72. The second-order valence-corrected chi connectivity index (χ2v) is 6.70. The standard InChI is InChI=1S/C16H24N4O2S/c1-10-7-14(12(3)20(10)11(2)8-22-6)15(21)9-23-16-18-17-13(4)19(16)5/h7,11H,8-9H2,1-6H3/t11-/m1/s1. The quantitative estimate of drug-likeness (QED) is 0.575. The lowest BCUT2D eigenvalue weighted by atomic mass is 10.2. The number of ether oxygens (including phenoxy) is 1. The summed E-state index contributed by atoms with van der Waals surface area (Å²) < 4.78 is 9.28. The van der Waals surface area contributed by atoms with Crippen molar-refractivity contribution in [1.82, 2.24) is 19.3 Å². The van der Waals surface area contributed by atoms with E-state index in [4.69, 9.17) is 4.74 Å². The highest BCUT2D eigenvalue weighted by atomic mass is 32.2. The van der Waals surface area contributed by atoms with Crippen LogP contribution in [0.3, 0.4) is 0 Å². The SMILES string of the molecule is COC[C@@H](C)n1c(C)cc(C(=O)CSc2nnc(C)n2C)c1C. The molecule has 0 aliphatic carbocycles. The summed E-state index contributed by atoms with van der Waals surface area (Å²) >= 11 is 1.42. The molecule has 2 aromatic heterocycles. The van der Waals surface area contributed by atoms with E-state index in [1.165, 1.54) is 11.8 Å². The molecule has 2 aromatic rings. The zero-order valence-electron chi connectivity index (χ0n) is 14.6. The maximum atomic E-state index is 12.6. The Labute approximate surface area is 141 Å². The maximum absolute atomic E-state index is 12.6. The van der Waals surface area contributed by atoms with Crippen LogP contribution < -0.4 is 0 Å². The summed E-state index contributed by atoms with van der Waals surface area (Å²) in [6.45, 7) is 8.62. The average molecular weight is 336 g/mol. The van der Waals surface area contributed by atoms with E-state index in [2.05, 4.69) is 21.7 Å². The fourth-order valence-electron chi connectivity index (χ4n) is 2.77. The first-order valence-electron chi connectivity index (χ1n) is 7.56. The highest BCUT2D eigenvalue weighted by Gasteiger charge is 2.19. The Morgan fingerprint density at radius 1 is 1.35 bits per heavy atom. The van der Waals surface area contributed by atoms with Crippen molar-refractivity contribution in [3.8, 4) is 0 Å². The van der Waals surface area contributed by atoms with Gasteiger partial charge in [0.25, 0.3) is 0 Å². The van der Waals surface area contributed by atoms with Crippen molar-refractivity contribution in [3.63, 3.8) is 0 Å². The largest absolute Gasteiger partial charge is 0.383 e. The molecule has 0 fully saturated rings. The van der Waals surface area contributed by atoms with Crippen molar-refractivity contribution in [2.45, 2.75) is 38.9 Å². The third-order valence-electron chi connectivity index (χ3n) is 4.02. The van der Waals surface area contributed by atoms with Gasteiger partial charge in [0.05, 0.1) is 18.4 Å². The summed E-state index contributed by atoms with van der Waals surface area (Å²) in [6, 6.07) is 2.17. The van der Waals surface area contributed by atoms with E-state index in [0.717, 1.165) is 27.9 Å². The van der Waals surface area contributed by atoms with E-state index < -0.39 is 0 Å². The summed E-state index contributed by atoms with van der Waals surface area (Å²) in [5.74, 6) is 1.31. The minimum Gasteiger partial charge on any atom is -0.383 e. The molecule has 126 valence electrons. The fraction of sp³-hybridized carbons (Fsp3) is 0.562. The number of carbonyl (C=O) groups is 1. The number of thioether (sulfide) groups is 1. The van der Waals surface area contributed by atoms with E-state index in [1.54, 1.807) is 7.11 Å². The molecule has 6 nitrogen and oxygen atoms in total. The summed E-state index contributed by atoms with van der Waals surface area (Å²) in [5, 5.41) is 8.85. The van der Waals surface area contributed by atoms with Gasteiger partial charge in [-0.25, -0.2) is 0 Å². The Bertz CT molecular complexity index is 705. The number of Topliss-reactive ketones (excluding diaryl/α,β-unsaturated/α-hetero) is 1. The van der Waals surface area contributed by atoms with Gasteiger partial charge in [-0.2, -0.15) is 0 Å².